The largest absolute Gasteiger partial charge is 0.486 e. The molecule has 1 saturated heterocycles. The maximum absolute atomic E-state index is 9.38. The summed E-state index contributed by atoms with van der Waals surface area (Å²) in [7, 11) is 0. The third-order valence-corrected chi connectivity index (χ3v) is 5.08. The quantitative estimate of drug-likeness (QED) is 0.473. The average Bonchev–Trinajstić information content (AvgIpc) is 3.52. The molecule has 0 N–H and O–H groups in total. The molecular weight excluding hydrogens is 366 g/mol. The predicted molar refractivity (Wildman–Crippen MR) is 109 cm³/mol. The predicted octanol–water partition coefficient (Wildman–Crippen LogP) is 5.14. The molecule has 5 rings (SSSR count). The minimum atomic E-state index is 0.295. The van der Waals surface area contributed by atoms with E-state index in [9.17, 15) is 5.26 Å². The van der Waals surface area contributed by atoms with Gasteiger partial charge in [0.15, 0.2) is 5.76 Å². The van der Waals surface area contributed by atoms with Gasteiger partial charge in [-0.3, -0.25) is 0 Å². The maximum atomic E-state index is 9.38. The van der Waals surface area contributed by atoms with Crippen molar-refractivity contribution in [2.45, 2.75) is 19.4 Å². The van der Waals surface area contributed by atoms with Gasteiger partial charge in [0, 0.05) is 13.1 Å². The summed E-state index contributed by atoms with van der Waals surface area (Å²) >= 11 is 0. The highest BCUT2D eigenvalue weighted by Crippen LogP contribution is 2.31. The smallest absolute Gasteiger partial charge is 0.266 e. The van der Waals surface area contributed by atoms with Crippen LogP contribution in [0.15, 0.2) is 63.4 Å². The van der Waals surface area contributed by atoms with Crippen LogP contribution in [0.2, 0.25) is 0 Å². The fourth-order valence-electron chi connectivity index (χ4n) is 3.61. The number of benzene rings is 2. The second-order valence-corrected chi connectivity index (χ2v) is 7.04. The molecule has 0 radical (unpaired) electrons. The van der Waals surface area contributed by atoms with E-state index in [1.54, 1.807) is 6.07 Å². The number of anilines is 1. The maximum Gasteiger partial charge on any atom is 0.266 e. The summed E-state index contributed by atoms with van der Waals surface area (Å²) < 4.78 is 17.6. The van der Waals surface area contributed by atoms with E-state index in [0.717, 1.165) is 37.1 Å². The normalized spacial score (nSPS) is 13.7. The Balaban J connectivity index is 1.32. The van der Waals surface area contributed by atoms with Crippen molar-refractivity contribution in [3.8, 4) is 23.5 Å². The Morgan fingerprint density at radius 3 is 2.66 bits per heavy atom. The van der Waals surface area contributed by atoms with Gasteiger partial charge in [-0.2, -0.15) is 10.2 Å². The summed E-state index contributed by atoms with van der Waals surface area (Å²) in [6.07, 6.45) is 2.19. The number of nitriles is 1. The molecule has 144 valence electrons. The molecule has 1 fully saturated rings. The third kappa shape index (κ3) is 3.43. The summed E-state index contributed by atoms with van der Waals surface area (Å²) in [4.78, 5) is 6.36. The number of oxazole rings is 1. The molecule has 6 heteroatoms. The SMILES string of the molecule is N#Cc1nc(-c2ccc(COc3ccc4ccccc4c3)o2)oc1N1CCCC1. The number of hydrogen-bond acceptors (Lipinski definition) is 6. The van der Waals surface area contributed by atoms with Crippen molar-refractivity contribution in [2.24, 2.45) is 0 Å². The van der Waals surface area contributed by atoms with Crippen molar-refractivity contribution < 1.29 is 13.6 Å². The molecule has 0 bridgehead atoms. The Kier molecular flexibility index (Phi) is 4.41. The van der Waals surface area contributed by atoms with Gasteiger partial charge in [-0.15, -0.1) is 0 Å². The van der Waals surface area contributed by atoms with Crippen molar-refractivity contribution in [3.05, 3.63) is 66.1 Å². The lowest BCUT2D eigenvalue weighted by Crippen LogP contribution is -2.17. The van der Waals surface area contributed by atoms with E-state index < -0.39 is 0 Å². The number of nitrogens with zero attached hydrogens (tertiary/aromatic N) is 3. The third-order valence-electron chi connectivity index (χ3n) is 5.08. The van der Waals surface area contributed by atoms with E-state index in [-0.39, 0.29) is 0 Å². The lowest BCUT2D eigenvalue weighted by molar-refractivity contribution is 0.271. The lowest BCUT2D eigenvalue weighted by atomic mass is 10.1. The minimum absolute atomic E-state index is 0.295. The summed E-state index contributed by atoms with van der Waals surface area (Å²) in [5.41, 5.74) is 0.298. The van der Waals surface area contributed by atoms with Gasteiger partial charge in [-0.25, -0.2) is 0 Å². The molecule has 0 aliphatic carbocycles. The first-order chi connectivity index (χ1) is 14.3. The van der Waals surface area contributed by atoms with Crippen LogP contribution in [-0.4, -0.2) is 18.1 Å². The van der Waals surface area contributed by atoms with Crippen LogP contribution in [-0.2, 0) is 6.61 Å². The average molecular weight is 385 g/mol. The zero-order valence-electron chi connectivity index (χ0n) is 15.8. The van der Waals surface area contributed by atoms with Gasteiger partial charge >= 0.3 is 0 Å². The Morgan fingerprint density at radius 1 is 1.00 bits per heavy atom. The Bertz CT molecular complexity index is 1200. The van der Waals surface area contributed by atoms with Crippen LogP contribution in [0.3, 0.4) is 0 Å². The van der Waals surface area contributed by atoms with Gasteiger partial charge in [0.2, 0.25) is 11.6 Å². The van der Waals surface area contributed by atoms with Crippen LogP contribution in [0, 0.1) is 11.3 Å². The molecule has 0 amide bonds. The minimum Gasteiger partial charge on any atom is -0.486 e. The molecular formula is C23H19N3O3. The van der Waals surface area contributed by atoms with Crippen molar-refractivity contribution >= 4 is 16.7 Å². The number of hydrogen-bond donors (Lipinski definition) is 0. The molecule has 1 aliphatic heterocycles. The fraction of sp³-hybridized carbons (Fsp3) is 0.217. The first-order valence-corrected chi connectivity index (χ1v) is 9.67. The number of rotatable bonds is 5. The number of furan rings is 1. The van der Waals surface area contributed by atoms with Crippen LogP contribution >= 0.6 is 0 Å². The van der Waals surface area contributed by atoms with Crippen molar-refractivity contribution in [1.82, 2.24) is 4.98 Å². The van der Waals surface area contributed by atoms with Gasteiger partial charge in [0.1, 0.15) is 24.2 Å². The molecule has 0 spiro atoms. The van der Waals surface area contributed by atoms with E-state index in [1.165, 1.54) is 5.39 Å². The van der Waals surface area contributed by atoms with Crippen molar-refractivity contribution in [1.29, 1.82) is 5.26 Å². The van der Waals surface area contributed by atoms with Crippen molar-refractivity contribution in [2.75, 3.05) is 18.0 Å². The first-order valence-electron chi connectivity index (χ1n) is 9.67. The van der Waals surface area contributed by atoms with E-state index in [2.05, 4.69) is 28.1 Å². The van der Waals surface area contributed by atoms with Crippen LogP contribution in [0.4, 0.5) is 5.88 Å². The Morgan fingerprint density at radius 2 is 1.83 bits per heavy atom. The summed E-state index contributed by atoms with van der Waals surface area (Å²) in [5.74, 6) is 2.78. The van der Waals surface area contributed by atoms with Gasteiger partial charge < -0.3 is 18.5 Å². The molecule has 6 nitrogen and oxygen atoms in total. The van der Waals surface area contributed by atoms with Crippen LogP contribution in [0.1, 0.15) is 24.3 Å². The Hall–Kier alpha value is -3.72. The van der Waals surface area contributed by atoms with Gasteiger partial charge in [0.25, 0.3) is 5.89 Å². The summed E-state index contributed by atoms with van der Waals surface area (Å²) in [6.45, 7) is 2.06. The van der Waals surface area contributed by atoms with E-state index in [4.69, 9.17) is 13.6 Å². The van der Waals surface area contributed by atoms with Crippen molar-refractivity contribution in [3.63, 3.8) is 0 Å². The van der Waals surface area contributed by atoms with Crippen LogP contribution in [0.5, 0.6) is 5.75 Å². The zero-order valence-corrected chi connectivity index (χ0v) is 15.8. The van der Waals surface area contributed by atoms with Crippen LogP contribution in [0.25, 0.3) is 22.4 Å². The second kappa shape index (κ2) is 7.36. The first kappa shape index (κ1) is 17.4. The molecule has 2 aromatic carbocycles. The topological polar surface area (TPSA) is 75.4 Å². The highest BCUT2D eigenvalue weighted by atomic mass is 16.5. The lowest BCUT2D eigenvalue weighted by Gasteiger charge is -2.12. The fourth-order valence-corrected chi connectivity index (χ4v) is 3.61. The standard InChI is InChI=1S/C23H19N3O3/c24-14-20-23(26-11-3-4-12-26)29-22(25-20)21-10-9-19(28-21)15-27-18-8-7-16-5-1-2-6-17(16)13-18/h1-2,5-10,13H,3-4,11-12,15H2. The highest BCUT2D eigenvalue weighted by molar-refractivity contribution is 5.83. The van der Waals surface area contributed by atoms with E-state index >= 15 is 0 Å². The molecule has 0 saturated carbocycles. The number of ether oxygens (including phenoxy) is 1. The van der Waals surface area contributed by atoms with Gasteiger partial charge in [-0.05, 0) is 47.9 Å². The Labute approximate surface area is 167 Å². The number of fused-ring (bicyclic) bond motifs is 1. The second-order valence-electron chi connectivity index (χ2n) is 7.04. The highest BCUT2D eigenvalue weighted by Gasteiger charge is 2.24. The zero-order chi connectivity index (χ0) is 19.6. The molecule has 1 aliphatic rings. The molecule has 2 aromatic heterocycles. The number of aromatic nitrogens is 1. The summed E-state index contributed by atoms with van der Waals surface area (Å²) in [6, 6.07) is 19.9. The van der Waals surface area contributed by atoms with E-state index in [0.29, 0.717) is 35.6 Å². The van der Waals surface area contributed by atoms with Gasteiger partial charge in [-0.1, -0.05) is 30.3 Å². The molecule has 0 atom stereocenters. The molecule has 29 heavy (non-hydrogen) atoms. The molecule has 4 aromatic rings. The molecule has 3 heterocycles. The molecule has 0 unspecified atom stereocenters. The van der Waals surface area contributed by atoms with Gasteiger partial charge in [0.05, 0.1) is 0 Å². The summed E-state index contributed by atoms with van der Waals surface area (Å²) in [5, 5.41) is 11.7. The monoisotopic (exact) mass is 385 g/mol. The van der Waals surface area contributed by atoms with Crippen LogP contribution < -0.4 is 9.64 Å². The van der Waals surface area contributed by atoms with E-state index in [1.807, 2.05) is 36.4 Å².